The molecule has 0 aliphatic carbocycles. The molecule has 2 N–H and O–H groups in total. The molecule has 0 radical (unpaired) electrons. The van der Waals surface area contributed by atoms with Crippen molar-refractivity contribution in [3.63, 3.8) is 0 Å². The van der Waals surface area contributed by atoms with Crippen LogP contribution < -0.4 is 10.2 Å². The molecule has 11 heteroatoms. The number of hydrogen-bond acceptors (Lipinski definition) is 7. The lowest BCUT2D eigenvalue weighted by atomic mass is 10.1. The smallest absolute Gasteiger partial charge is 0.416 e. The van der Waals surface area contributed by atoms with Crippen molar-refractivity contribution >= 4 is 24.0 Å². The first-order valence-corrected chi connectivity index (χ1v) is 11.2. The van der Waals surface area contributed by atoms with Crippen LogP contribution in [-0.2, 0) is 11.3 Å². The second kappa shape index (κ2) is 9.41. The Hall–Kier alpha value is -3.47. The summed E-state index contributed by atoms with van der Waals surface area (Å²) in [6.45, 7) is 8.92. The molecule has 1 aromatic heterocycles. The highest BCUT2D eigenvalue weighted by Gasteiger charge is 2.42. The topological polar surface area (TPSA) is 111 Å². The van der Waals surface area contributed by atoms with Crippen LogP contribution in [0.3, 0.4) is 0 Å². The van der Waals surface area contributed by atoms with Gasteiger partial charge in [0.2, 0.25) is 11.9 Å². The number of amides is 2. The van der Waals surface area contributed by atoms with Crippen molar-refractivity contribution in [1.82, 2.24) is 19.8 Å². The monoisotopic (exact) mass is 472 g/mol. The lowest BCUT2D eigenvalue weighted by Gasteiger charge is -2.33. The summed E-state index contributed by atoms with van der Waals surface area (Å²) in [4.78, 5) is 36.4. The summed E-state index contributed by atoms with van der Waals surface area (Å²) in [6, 6.07) is 8.94. The van der Waals surface area contributed by atoms with Crippen molar-refractivity contribution in [1.29, 1.82) is 0 Å². The molecular weight excluding hydrogens is 443 g/mol. The van der Waals surface area contributed by atoms with Gasteiger partial charge in [0.05, 0.1) is 11.6 Å². The Bertz CT molecular complexity index is 1060. The molecule has 34 heavy (non-hydrogen) atoms. The van der Waals surface area contributed by atoms with E-state index in [1.165, 1.54) is 9.80 Å². The molecule has 0 unspecified atom stereocenters. The van der Waals surface area contributed by atoms with Gasteiger partial charge in [-0.2, -0.15) is 14.4 Å². The van der Waals surface area contributed by atoms with Crippen molar-refractivity contribution < 1.29 is 23.8 Å². The summed E-state index contributed by atoms with van der Waals surface area (Å²) >= 11 is 0. The third-order valence-electron chi connectivity index (χ3n) is 6.12. The van der Waals surface area contributed by atoms with E-state index in [1.54, 1.807) is 0 Å². The largest absolute Gasteiger partial charge is 0.465 e. The van der Waals surface area contributed by atoms with Crippen LogP contribution in [0.4, 0.5) is 25.7 Å². The number of benzene rings is 1. The van der Waals surface area contributed by atoms with Crippen molar-refractivity contribution in [2.24, 2.45) is 0 Å². The highest BCUT2D eigenvalue weighted by Crippen LogP contribution is 2.30. The van der Waals surface area contributed by atoms with Gasteiger partial charge in [-0.05, 0) is 31.9 Å². The molecule has 0 bridgehead atoms. The molecule has 4 rings (SSSR count). The second-order valence-corrected chi connectivity index (χ2v) is 9.23. The van der Waals surface area contributed by atoms with E-state index in [0.29, 0.717) is 26.2 Å². The van der Waals surface area contributed by atoms with Crippen LogP contribution in [0, 0.1) is 5.95 Å². The van der Waals surface area contributed by atoms with Gasteiger partial charge in [0, 0.05) is 38.8 Å². The average Bonchev–Trinajstić information content (AvgIpc) is 3.06. The fourth-order valence-corrected chi connectivity index (χ4v) is 4.15. The van der Waals surface area contributed by atoms with E-state index in [-0.39, 0.29) is 24.4 Å². The third-order valence-corrected chi connectivity index (χ3v) is 6.12. The number of anilines is 2. The Morgan fingerprint density at radius 1 is 1.21 bits per heavy atom. The molecule has 2 amide bonds. The number of cyclic esters (lactones) is 1. The molecule has 2 aliphatic heterocycles. The Kier molecular flexibility index (Phi) is 6.56. The van der Waals surface area contributed by atoms with Crippen LogP contribution >= 0.6 is 0 Å². The van der Waals surface area contributed by atoms with Crippen molar-refractivity contribution in [2.75, 3.05) is 43.0 Å². The predicted octanol–water partition coefficient (Wildman–Crippen LogP) is 3.32. The predicted molar refractivity (Wildman–Crippen MR) is 123 cm³/mol. The Morgan fingerprint density at radius 2 is 1.88 bits per heavy atom. The zero-order valence-electron chi connectivity index (χ0n) is 19.5. The van der Waals surface area contributed by atoms with E-state index >= 15 is 0 Å². The first-order valence-electron chi connectivity index (χ1n) is 11.2. The highest BCUT2D eigenvalue weighted by atomic mass is 19.1. The maximum Gasteiger partial charge on any atom is 0.416 e. The SMILES string of the molecule is C[C@H](Nc1nc(F)cc(N2C(=O)OCC2(C)C)n1)c1ccc(CN2CCN(C(=O)O)CC2)cc1. The fraction of sp³-hybridized carbons (Fsp3) is 0.478. The lowest BCUT2D eigenvalue weighted by molar-refractivity contribution is 0.103. The number of halogens is 1. The van der Waals surface area contributed by atoms with Gasteiger partial charge >= 0.3 is 12.2 Å². The van der Waals surface area contributed by atoms with Gasteiger partial charge in [0.15, 0.2) is 0 Å². The number of rotatable bonds is 6. The van der Waals surface area contributed by atoms with Gasteiger partial charge in [0.25, 0.3) is 0 Å². The molecule has 2 saturated heterocycles. The summed E-state index contributed by atoms with van der Waals surface area (Å²) < 4.78 is 19.3. The van der Waals surface area contributed by atoms with E-state index < -0.39 is 23.7 Å². The lowest BCUT2D eigenvalue weighted by Crippen LogP contribution is -2.47. The molecule has 10 nitrogen and oxygen atoms in total. The van der Waals surface area contributed by atoms with Gasteiger partial charge in [-0.15, -0.1) is 0 Å². The summed E-state index contributed by atoms with van der Waals surface area (Å²) in [5.41, 5.74) is 1.45. The third kappa shape index (κ3) is 5.19. The normalized spacial score (nSPS) is 19.1. The zero-order chi connectivity index (χ0) is 24.5. The van der Waals surface area contributed by atoms with Gasteiger partial charge in [-0.3, -0.25) is 9.80 Å². The maximum absolute atomic E-state index is 14.2. The number of carboxylic acid groups (broad SMARTS) is 1. The number of ether oxygens (including phenoxy) is 1. The van der Waals surface area contributed by atoms with E-state index in [9.17, 15) is 14.0 Å². The standard InChI is InChI=1S/C23H29FN6O4/c1-15(17-6-4-16(5-7-17)13-28-8-10-29(11-9-28)21(31)32)25-20-26-18(24)12-19(27-20)30-22(33)34-14-23(30,2)3/h4-7,12,15H,8-11,13-14H2,1-3H3,(H,31,32)(H,25,26,27)/t15-/m0/s1. The van der Waals surface area contributed by atoms with Crippen LogP contribution in [0.2, 0.25) is 0 Å². The number of piperazine rings is 1. The molecule has 2 aromatic rings. The van der Waals surface area contributed by atoms with E-state index in [4.69, 9.17) is 9.84 Å². The summed E-state index contributed by atoms with van der Waals surface area (Å²) in [6.07, 6.45) is -1.44. The molecule has 0 saturated carbocycles. The Morgan fingerprint density at radius 3 is 2.47 bits per heavy atom. The number of carbonyl (C=O) groups is 2. The van der Waals surface area contributed by atoms with Crippen LogP contribution in [0.5, 0.6) is 0 Å². The van der Waals surface area contributed by atoms with Crippen LogP contribution in [0.25, 0.3) is 0 Å². The van der Waals surface area contributed by atoms with Gasteiger partial charge in [0.1, 0.15) is 12.4 Å². The van der Waals surface area contributed by atoms with E-state index in [1.807, 2.05) is 45.0 Å². The minimum Gasteiger partial charge on any atom is -0.465 e. The maximum atomic E-state index is 14.2. The quantitative estimate of drug-likeness (QED) is 0.616. The highest BCUT2D eigenvalue weighted by molar-refractivity contribution is 5.90. The zero-order valence-corrected chi connectivity index (χ0v) is 19.5. The van der Waals surface area contributed by atoms with Gasteiger partial charge in [-0.25, -0.2) is 9.59 Å². The average molecular weight is 473 g/mol. The summed E-state index contributed by atoms with van der Waals surface area (Å²) in [5, 5.41) is 12.2. The minimum atomic E-state index is -0.871. The minimum absolute atomic E-state index is 0.0818. The number of carbonyl (C=O) groups excluding carboxylic acids is 1. The fourth-order valence-electron chi connectivity index (χ4n) is 4.15. The molecule has 2 fully saturated rings. The first kappa shape index (κ1) is 23.7. The number of nitrogens with zero attached hydrogens (tertiary/aromatic N) is 5. The van der Waals surface area contributed by atoms with E-state index in [0.717, 1.165) is 23.7 Å². The van der Waals surface area contributed by atoms with Gasteiger partial charge in [-0.1, -0.05) is 24.3 Å². The Labute approximate surface area is 197 Å². The molecule has 182 valence electrons. The number of nitrogens with one attached hydrogen (secondary N) is 1. The van der Waals surface area contributed by atoms with Crippen molar-refractivity contribution in [3.05, 3.63) is 47.4 Å². The van der Waals surface area contributed by atoms with Crippen LogP contribution in [0.1, 0.15) is 37.9 Å². The summed E-state index contributed by atoms with van der Waals surface area (Å²) in [5.74, 6) is -0.514. The van der Waals surface area contributed by atoms with Crippen molar-refractivity contribution in [2.45, 2.75) is 38.9 Å². The van der Waals surface area contributed by atoms with Gasteiger partial charge < -0.3 is 20.1 Å². The molecule has 2 aliphatic rings. The second-order valence-electron chi connectivity index (χ2n) is 9.23. The first-order chi connectivity index (χ1) is 16.1. The number of aromatic nitrogens is 2. The molecule has 1 aromatic carbocycles. The van der Waals surface area contributed by atoms with Crippen LogP contribution in [-0.4, -0.2) is 75.4 Å². The molecule has 1 atom stereocenters. The molecule has 3 heterocycles. The molecule has 0 spiro atoms. The Balaban J connectivity index is 1.39. The van der Waals surface area contributed by atoms with Crippen LogP contribution in [0.15, 0.2) is 30.3 Å². The molecular formula is C23H29FN6O4. The van der Waals surface area contributed by atoms with Crippen molar-refractivity contribution in [3.8, 4) is 0 Å². The van der Waals surface area contributed by atoms with E-state index in [2.05, 4.69) is 20.2 Å². The summed E-state index contributed by atoms with van der Waals surface area (Å²) in [7, 11) is 0. The number of hydrogen-bond donors (Lipinski definition) is 2.